The van der Waals surface area contributed by atoms with Crippen molar-refractivity contribution in [1.82, 2.24) is 14.7 Å². The van der Waals surface area contributed by atoms with Gasteiger partial charge in [0.05, 0.1) is 18.3 Å². The molecule has 0 spiro atoms. The summed E-state index contributed by atoms with van der Waals surface area (Å²) in [6, 6.07) is 0. The van der Waals surface area contributed by atoms with Crippen LogP contribution in [0, 0.1) is 0 Å². The lowest BCUT2D eigenvalue weighted by Gasteiger charge is -2.55. The molecule has 0 unspecified atom stereocenters. The van der Waals surface area contributed by atoms with Crippen molar-refractivity contribution in [3.8, 4) is 0 Å². The zero-order valence-corrected chi connectivity index (χ0v) is 27.9. The summed E-state index contributed by atoms with van der Waals surface area (Å²) < 4.78 is 20.7. The summed E-state index contributed by atoms with van der Waals surface area (Å²) in [4.78, 5) is 7.52. The predicted molar refractivity (Wildman–Crippen MR) is 157 cm³/mol. The number of likely N-dealkylation sites (tertiary alicyclic amines) is 3. The quantitative estimate of drug-likeness (QED) is 0.331. The minimum atomic E-state index is -1.48. The third-order valence-electron chi connectivity index (χ3n) is 10.5. The van der Waals surface area contributed by atoms with Crippen molar-refractivity contribution in [1.29, 1.82) is 0 Å². The molecule has 3 rings (SSSR count). The van der Waals surface area contributed by atoms with Gasteiger partial charge in [0, 0.05) is 33.2 Å². The van der Waals surface area contributed by atoms with E-state index in [0.717, 1.165) is 38.5 Å². The van der Waals surface area contributed by atoms with Crippen molar-refractivity contribution in [2.24, 2.45) is 0 Å². The largest absolute Gasteiger partial charge is 0.333 e. The van der Waals surface area contributed by atoms with Crippen molar-refractivity contribution < 1.29 is 13.6 Å². The van der Waals surface area contributed by atoms with Gasteiger partial charge in [0.1, 0.15) is 0 Å². The average Bonchev–Trinajstić information content (AvgIpc) is 2.67. The number of hydrogen-bond acceptors (Lipinski definition) is 6. The molecule has 0 aromatic rings. The van der Waals surface area contributed by atoms with Crippen LogP contribution in [-0.2, 0) is 13.6 Å². The molecule has 0 atom stereocenters. The fourth-order valence-corrected chi connectivity index (χ4v) is 8.83. The molecule has 3 fully saturated rings. The summed E-state index contributed by atoms with van der Waals surface area (Å²) in [7, 11) is 5.27. The molecular weight excluding hydrogens is 481 g/mol. The van der Waals surface area contributed by atoms with Gasteiger partial charge in [-0.05, 0) is 143 Å². The van der Waals surface area contributed by atoms with Gasteiger partial charge < -0.3 is 13.6 Å². The predicted octanol–water partition coefficient (Wildman–Crippen LogP) is 7.22. The highest BCUT2D eigenvalue weighted by Crippen LogP contribution is 2.53. The highest BCUT2D eigenvalue weighted by Gasteiger charge is 2.49. The molecule has 0 N–H and O–H groups in total. The van der Waals surface area contributed by atoms with E-state index in [1.54, 1.807) is 0 Å². The van der Waals surface area contributed by atoms with Gasteiger partial charge in [-0.2, -0.15) is 0 Å². The van der Waals surface area contributed by atoms with E-state index in [2.05, 4.69) is 119 Å². The molecule has 0 saturated carbocycles. The van der Waals surface area contributed by atoms with Gasteiger partial charge in [-0.25, -0.2) is 0 Å². The summed E-state index contributed by atoms with van der Waals surface area (Å²) in [5, 5.41) is 0. The van der Waals surface area contributed by atoms with E-state index in [9.17, 15) is 0 Å². The summed E-state index contributed by atoms with van der Waals surface area (Å²) in [5.74, 6) is 0. The zero-order valence-electron chi connectivity index (χ0n) is 27.0. The van der Waals surface area contributed by atoms with Gasteiger partial charge >= 0.3 is 8.60 Å². The van der Waals surface area contributed by atoms with Crippen molar-refractivity contribution in [3.63, 3.8) is 0 Å². The van der Waals surface area contributed by atoms with Crippen LogP contribution < -0.4 is 0 Å². The van der Waals surface area contributed by atoms with E-state index in [0.29, 0.717) is 0 Å². The van der Waals surface area contributed by atoms with E-state index in [1.165, 1.54) is 0 Å². The van der Waals surface area contributed by atoms with Gasteiger partial charge in [-0.3, -0.25) is 14.7 Å². The second-order valence-corrected chi connectivity index (χ2v) is 17.3. The average molecular weight is 542 g/mol. The Kier molecular flexibility index (Phi) is 8.77. The van der Waals surface area contributed by atoms with E-state index >= 15 is 0 Å². The molecule has 0 bridgehead atoms. The lowest BCUT2D eigenvalue weighted by molar-refractivity contribution is -0.0922. The molecule has 37 heavy (non-hydrogen) atoms. The van der Waals surface area contributed by atoms with Crippen LogP contribution in [0.15, 0.2) is 0 Å². The first-order valence-corrected chi connectivity index (χ1v) is 15.6. The minimum Gasteiger partial charge on any atom is -0.309 e. The van der Waals surface area contributed by atoms with Crippen LogP contribution in [0.5, 0.6) is 0 Å². The monoisotopic (exact) mass is 541 g/mol. The Morgan fingerprint density at radius 3 is 0.730 bits per heavy atom. The summed E-state index contributed by atoms with van der Waals surface area (Å²) >= 11 is 0. The van der Waals surface area contributed by atoms with Crippen LogP contribution in [0.25, 0.3) is 0 Å². The van der Waals surface area contributed by atoms with Crippen LogP contribution in [0.2, 0.25) is 0 Å². The standard InChI is InChI=1S/C30H60N3O3P/c1-25(2)16-22(17-26(3,4)31(25)13)34-37(35-23-18-27(5,6)32(14)28(7,8)19-23)36-24-20-29(9,10)33(15)30(11,12)21-24/h22-24H,16-21H2,1-15H3. The highest BCUT2D eigenvalue weighted by atomic mass is 31.2. The number of nitrogens with zero attached hydrogens (tertiary/aromatic N) is 3. The first-order valence-electron chi connectivity index (χ1n) is 14.5. The molecular formula is C30H60N3O3P. The molecule has 3 heterocycles. The summed E-state index contributed by atoms with van der Waals surface area (Å²) in [6.45, 7) is 28.0. The van der Waals surface area contributed by atoms with Gasteiger partial charge in [-0.1, -0.05) is 0 Å². The van der Waals surface area contributed by atoms with Gasteiger partial charge in [0.15, 0.2) is 0 Å². The molecule has 0 aromatic heterocycles. The Morgan fingerprint density at radius 2 is 0.568 bits per heavy atom. The fraction of sp³-hybridized carbons (Fsp3) is 1.00. The maximum atomic E-state index is 6.91. The second kappa shape index (κ2) is 10.2. The van der Waals surface area contributed by atoms with E-state index < -0.39 is 8.60 Å². The number of piperidine rings is 3. The van der Waals surface area contributed by atoms with Crippen LogP contribution in [0.1, 0.15) is 122 Å². The Hall–Kier alpha value is 0.190. The lowest BCUT2D eigenvalue weighted by Crippen LogP contribution is -2.61. The molecule has 3 saturated heterocycles. The third kappa shape index (κ3) is 6.92. The molecule has 7 heteroatoms. The van der Waals surface area contributed by atoms with Gasteiger partial charge in [0.25, 0.3) is 0 Å². The molecule has 0 radical (unpaired) electrons. The molecule has 0 aliphatic carbocycles. The Morgan fingerprint density at radius 1 is 0.405 bits per heavy atom. The Balaban J connectivity index is 1.84. The minimum absolute atomic E-state index is 0.0580. The topological polar surface area (TPSA) is 37.4 Å². The first kappa shape index (κ1) is 31.7. The zero-order chi connectivity index (χ0) is 28.4. The molecule has 3 aliphatic heterocycles. The fourth-order valence-electron chi connectivity index (χ4n) is 7.50. The van der Waals surface area contributed by atoms with Crippen molar-refractivity contribution in [2.45, 2.75) is 173 Å². The highest BCUT2D eigenvalue weighted by molar-refractivity contribution is 7.41. The van der Waals surface area contributed by atoms with Crippen LogP contribution in [0.3, 0.4) is 0 Å². The number of hydrogen-bond donors (Lipinski definition) is 0. The second-order valence-electron chi connectivity index (χ2n) is 16.2. The van der Waals surface area contributed by atoms with Crippen molar-refractivity contribution in [2.75, 3.05) is 21.1 Å². The van der Waals surface area contributed by atoms with E-state index in [1.807, 2.05) is 0 Å². The maximum Gasteiger partial charge on any atom is 0.333 e. The number of rotatable bonds is 6. The molecule has 218 valence electrons. The molecule has 3 aliphatic rings. The summed E-state index contributed by atoms with van der Waals surface area (Å²) in [6.07, 6.45) is 6.23. The summed E-state index contributed by atoms with van der Waals surface area (Å²) in [5.41, 5.74) is 0.348. The van der Waals surface area contributed by atoms with Crippen molar-refractivity contribution >= 4 is 8.60 Å². The van der Waals surface area contributed by atoms with E-state index in [4.69, 9.17) is 13.6 Å². The normalized spacial score (nSPS) is 31.1. The van der Waals surface area contributed by atoms with Gasteiger partial charge in [0.2, 0.25) is 0 Å². The maximum absolute atomic E-state index is 6.91. The van der Waals surface area contributed by atoms with E-state index in [-0.39, 0.29) is 51.5 Å². The SMILES string of the molecule is CN1C(C)(C)CC(OP(OC2CC(C)(C)N(C)C(C)(C)C2)OC2CC(C)(C)N(C)C(C)(C)C2)CC1(C)C. The molecule has 6 nitrogen and oxygen atoms in total. The third-order valence-corrected chi connectivity index (χ3v) is 11.9. The molecule has 0 aromatic carbocycles. The first-order chi connectivity index (χ1) is 16.5. The smallest absolute Gasteiger partial charge is 0.309 e. The molecule has 0 amide bonds. The lowest BCUT2D eigenvalue weighted by atomic mass is 9.79. The Bertz CT molecular complexity index is 651. The van der Waals surface area contributed by atoms with Crippen LogP contribution in [-0.4, -0.2) is 87.4 Å². The van der Waals surface area contributed by atoms with Crippen LogP contribution in [0.4, 0.5) is 0 Å². The Labute approximate surface area is 231 Å². The van der Waals surface area contributed by atoms with Crippen molar-refractivity contribution in [3.05, 3.63) is 0 Å². The van der Waals surface area contributed by atoms with Gasteiger partial charge in [-0.15, -0.1) is 0 Å². The van der Waals surface area contributed by atoms with Crippen LogP contribution >= 0.6 is 8.60 Å².